The average Bonchev–Trinajstić information content (AvgIpc) is 3.11. The molecule has 0 radical (unpaired) electrons. The summed E-state index contributed by atoms with van der Waals surface area (Å²) in [7, 11) is 0. The highest BCUT2D eigenvalue weighted by Gasteiger charge is 2.15. The van der Waals surface area contributed by atoms with E-state index in [1.807, 2.05) is 53.1 Å². The van der Waals surface area contributed by atoms with Crippen LogP contribution in [0.25, 0.3) is 28.0 Å². The Bertz CT molecular complexity index is 1010. The molecule has 0 saturated carbocycles. The Morgan fingerprint density at radius 1 is 1.09 bits per heavy atom. The van der Waals surface area contributed by atoms with Gasteiger partial charge < -0.3 is 15.1 Å². The van der Waals surface area contributed by atoms with Gasteiger partial charge in [0.25, 0.3) is 0 Å². The molecule has 0 aliphatic heterocycles. The zero-order valence-electron chi connectivity index (χ0n) is 11.4. The van der Waals surface area contributed by atoms with Gasteiger partial charge in [-0.15, -0.1) is 0 Å². The highest BCUT2D eigenvalue weighted by atomic mass is 32.1. The number of hydrogen-bond donors (Lipinski definition) is 3. The lowest BCUT2D eigenvalue weighted by Crippen LogP contribution is -1.97. The molecule has 2 heterocycles. The van der Waals surface area contributed by atoms with Crippen LogP contribution in [0.3, 0.4) is 0 Å². The summed E-state index contributed by atoms with van der Waals surface area (Å²) >= 11 is 5.37. The average molecular weight is 308 g/mol. The molecule has 22 heavy (non-hydrogen) atoms. The van der Waals surface area contributed by atoms with Gasteiger partial charge in [0, 0.05) is 5.56 Å². The van der Waals surface area contributed by atoms with E-state index in [0.29, 0.717) is 10.5 Å². The number of aromatic nitrogens is 4. The monoisotopic (exact) mass is 308 g/mol. The molecule has 108 valence electrons. The van der Waals surface area contributed by atoms with E-state index >= 15 is 0 Å². The van der Waals surface area contributed by atoms with Gasteiger partial charge in [0.2, 0.25) is 5.88 Å². The van der Waals surface area contributed by atoms with Crippen LogP contribution in [-0.2, 0) is 0 Å². The van der Waals surface area contributed by atoms with Crippen LogP contribution in [0.1, 0.15) is 0 Å². The van der Waals surface area contributed by atoms with E-state index in [4.69, 9.17) is 12.2 Å². The number of fused-ring (bicyclic) bond motifs is 1. The first kappa shape index (κ1) is 12.8. The SMILES string of the molecule is Oc1[nH]c(=S)n(-c2ccc3nc[nH]c3c2)c1-c1ccccc1. The molecule has 0 aliphatic carbocycles. The molecular formula is C16H12N4OS. The van der Waals surface area contributed by atoms with Gasteiger partial charge in [-0.05, 0) is 30.4 Å². The molecule has 4 rings (SSSR count). The molecule has 4 aromatic rings. The van der Waals surface area contributed by atoms with E-state index in [1.165, 1.54) is 0 Å². The molecule has 0 atom stereocenters. The van der Waals surface area contributed by atoms with Crippen LogP contribution in [0.5, 0.6) is 5.88 Å². The second-order valence-electron chi connectivity index (χ2n) is 4.93. The van der Waals surface area contributed by atoms with Gasteiger partial charge >= 0.3 is 0 Å². The molecule has 0 aliphatic rings. The van der Waals surface area contributed by atoms with Crippen molar-refractivity contribution < 1.29 is 5.11 Å². The first-order valence-corrected chi connectivity index (χ1v) is 7.18. The Hall–Kier alpha value is -2.86. The molecule has 0 bridgehead atoms. The van der Waals surface area contributed by atoms with Gasteiger partial charge in [-0.3, -0.25) is 4.57 Å². The Morgan fingerprint density at radius 2 is 1.91 bits per heavy atom. The van der Waals surface area contributed by atoms with Crippen molar-refractivity contribution in [2.45, 2.75) is 0 Å². The number of benzene rings is 2. The normalized spacial score (nSPS) is 11.1. The van der Waals surface area contributed by atoms with Gasteiger partial charge in [0.1, 0.15) is 5.69 Å². The number of rotatable bonds is 2. The van der Waals surface area contributed by atoms with Crippen LogP contribution in [-0.4, -0.2) is 24.6 Å². The van der Waals surface area contributed by atoms with E-state index in [9.17, 15) is 5.11 Å². The lowest BCUT2D eigenvalue weighted by Gasteiger charge is -2.09. The number of nitrogens with zero attached hydrogens (tertiary/aromatic N) is 2. The quantitative estimate of drug-likeness (QED) is 0.494. The van der Waals surface area contributed by atoms with Crippen molar-refractivity contribution in [1.82, 2.24) is 19.5 Å². The fourth-order valence-electron chi connectivity index (χ4n) is 2.59. The van der Waals surface area contributed by atoms with Crippen LogP contribution in [0.2, 0.25) is 0 Å². The van der Waals surface area contributed by atoms with Gasteiger partial charge in [-0.1, -0.05) is 30.3 Å². The van der Waals surface area contributed by atoms with E-state index in [-0.39, 0.29) is 5.88 Å². The predicted octanol–water partition coefficient (Wildman–Crippen LogP) is 3.78. The molecule has 2 aromatic heterocycles. The standard InChI is InChI=1S/C16H12N4OS/c21-15-14(10-4-2-1-3-5-10)20(16(22)19-15)11-6-7-12-13(8-11)18-9-17-12/h1-9,21H,(H,17,18)(H,19,22). The molecule has 0 fully saturated rings. The third kappa shape index (κ3) is 1.93. The Labute approximate surface area is 130 Å². The van der Waals surface area contributed by atoms with Gasteiger partial charge in [0.15, 0.2) is 4.77 Å². The molecule has 0 saturated heterocycles. The molecule has 0 unspecified atom stereocenters. The van der Waals surface area contributed by atoms with Gasteiger partial charge in [-0.25, -0.2) is 4.98 Å². The van der Waals surface area contributed by atoms with Crippen molar-refractivity contribution in [2.24, 2.45) is 0 Å². The molecule has 6 heteroatoms. The summed E-state index contributed by atoms with van der Waals surface area (Å²) in [6, 6.07) is 15.5. The maximum atomic E-state index is 10.2. The topological polar surface area (TPSA) is 69.6 Å². The highest BCUT2D eigenvalue weighted by Crippen LogP contribution is 2.31. The van der Waals surface area contributed by atoms with Crippen molar-refractivity contribution in [2.75, 3.05) is 0 Å². The molecule has 0 spiro atoms. The number of nitrogens with one attached hydrogen (secondary N) is 2. The summed E-state index contributed by atoms with van der Waals surface area (Å²) in [6.45, 7) is 0. The minimum Gasteiger partial charge on any atom is -0.493 e. The smallest absolute Gasteiger partial charge is 0.216 e. The maximum absolute atomic E-state index is 10.2. The fraction of sp³-hybridized carbons (Fsp3) is 0. The highest BCUT2D eigenvalue weighted by molar-refractivity contribution is 7.71. The minimum absolute atomic E-state index is 0.0564. The predicted molar refractivity (Wildman–Crippen MR) is 87.7 cm³/mol. The van der Waals surface area contributed by atoms with Crippen LogP contribution >= 0.6 is 12.2 Å². The van der Waals surface area contributed by atoms with E-state index in [0.717, 1.165) is 22.3 Å². The molecule has 3 N–H and O–H groups in total. The van der Waals surface area contributed by atoms with Crippen LogP contribution in [0.15, 0.2) is 54.9 Å². The van der Waals surface area contributed by atoms with E-state index < -0.39 is 0 Å². The second kappa shape index (κ2) is 4.85. The zero-order valence-corrected chi connectivity index (χ0v) is 12.3. The van der Waals surface area contributed by atoms with Gasteiger partial charge in [0.05, 0.1) is 23.0 Å². The molecule has 5 nitrogen and oxygen atoms in total. The Morgan fingerprint density at radius 3 is 2.73 bits per heavy atom. The number of hydrogen-bond acceptors (Lipinski definition) is 3. The van der Waals surface area contributed by atoms with E-state index in [2.05, 4.69) is 15.0 Å². The van der Waals surface area contributed by atoms with Crippen molar-refractivity contribution in [3.05, 3.63) is 59.6 Å². The lowest BCUT2D eigenvalue weighted by atomic mass is 10.1. The number of H-pyrrole nitrogens is 2. The third-order valence-electron chi connectivity index (χ3n) is 3.59. The van der Waals surface area contributed by atoms with Crippen molar-refractivity contribution in [3.63, 3.8) is 0 Å². The summed E-state index contributed by atoms with van der Waals surface area (Å²) < 4.78 is 2.26. The first-order valence-electron chi connectivity index (χ1n) is 6.77. The van der Waals surface area contributed by atoms with Crippen LogP contribution in [0, 0.1) is 4.77 Å². The van der Waals surface area contributed by atoms with Crippen LogP contribution < -0.4 is 0 Å². The van der Waals surface area contributed by atoms with Gasteiger partial charge in [-0.2, -0.15) is 0 Å². The minimum atomic E-state index is 0.0564. The molecular weight excluding hydrogens is 296 g/mol. The fourth-order valence-corrected chi connectivity index (χ4v) is 2.89. The summed E-state index contributed by atoms with van der Waals surface area (Å²) in [5, 5.41) is 10.2. The zero-order chi connectivity index (χ0) is 15.1. The number of imidazole rings is 2. The summed E-state index contributed by atoms with van der Waals surface area (Å²) in [5.74, 6) is 0.0564. The lowest BCUT2D eigenvalue weighted by molar-refractivity contribution is 0.458. The first-order chi connectivity index (χ1) is 10.7. The van der Waals surface area contributed by atoms with Crippen molar-refractivity contribution in [1.29, 1.82) is 0 Å². The Balaban J connectivity index is 2.00. The second-order valence-corrected chi connectivity index (χ2v) is 5.32. The third-order valence-corrected chi connectivity index (χ3v) is 3.87. The molecule has 2 aromatic carbocycles. The summed E-state index contributed by atoms with van der Waals surface area (Å²) in [6.07, 6.45) is 1.65. The summed E-state index contributed by atoms with van der Waals surface area (Å²) in [4.78, 5) is 10.1. The maximum Gasteiger partial charge on any atom is 0.216 e. The number of aromatic hydroxyl groups is 1. The summed E-state index contributed by atoms with van der Waals surface area (Å²) in [5.41, 5.74) is 4.19. The molecule has 0 amide bonds. The Kier molecular flexibility index (Phi) is 2.83. The van der Waals surface area contributed by atoms with E-state index in [1.54, 1.807) is 6.33 Å². The van der Waals surface area contributed by atoms with Crippen molar-refractivity contribution >= 4 is 23.3 Å². The largest absolute Gasteiger partial charge is 0.493 e. The van der Waals surface area contributed by atoms with Crippen LogP contribution in [0.4, 0.5) is 0 Å². The van der Waals surface area contributed by atoms with Crippen molar-refractivity contribution in [3.8, 4) is 22.8 Å². The number of aromatic amines is 2.